The summed E-state index contributed by atoms with van der Waals surface area (Å²) < 4.78 is 7.92. The maximum absolute atomic E-state index is 5.55. The van der Waals surface area contributed by atoms with Crippen molar-refractivity contribution in [1.82, 2.24) is 19.4 Å². The average molecular weight is 306 g/mol. The summed E-state index contributed by atoms with van der Waals surface area (Å²) in [6.45, 7) is 14.3. The highest BCUT2D eigenvalue weighted by molar-refractivity contribution is 4.96. The van der Waals surface area contributed by atoms with Crippen molar-refractivity contribution in [3.8, 4) is 0 Å². The quantitative estimate of drug-likeness (QED) is 0.801. The van der Waals surface area contributed by atoms with Crippen LogP contribution in [0.4, 0.5) is 0 Å². The van der Waals surface area contributed by atoms with Gasteiger partial charge in [0.1, 0.15) is 5.82 Å². The summed E-state index contributed by atoms with van der Waals surface area (Å²) in [7, 11) is 0. The third-order valence-electron chi connectivity index (χ3n) is 5.09. The Kier molecular flexibility index (Phi) is 5.50. The molecule has 0 N–H and O–H groups in total. The van der Waals surface area contributed by atoms with Gasteiger partial charge >= 0.3 is 0 Å². The number of fused-ring (bicyclic) bond motifs is 1. The zero-order chi connectivity index (χ0) is 15.4. The molecule has 124 valence electrons. The number of rotatable bonds is 6. The van der Waals surface area contributed by atoms with Crippen molar-refractivity contribution in [2.45, 2.75) is 33.4 Å². The molecule has 0 aliphatic carbocycles. The number of ether oxygens (including phenoxy) is 1. The van der Waals surface area contributed by atoms with E-state index in [1.807, 2.05) is 6.20 Å². The molecule has 1 aromatic heterocycles. The molecule has 0 aromatic carbocycles. The van der Waals surface area contributed by atoms with Gasteiger partial charge in [0.2, 0.25) is 0 Å². The molecule has 3 rings (SSSR count). The Hall–Kier alpha value is -0.910. The average Bonchev–Trinajstić information content (AvgIpc) is 3.14. The molecular formula is C17H30N4O. The van der Waals surface area contributed by atoms with Crippen molar-refractivity contribution in [3.63, 3.8) is 0 Å². The van der Waals surface area contributed by atoms with Crippen LogP contribution in [0, 0.1) is 11.8 Å². The van der Waals surface area contributed by atoms with Crippen LogP contribution in [0.3, 0.4) is 0 Å². The number of imidazole rings is 1. The van der Waals surface area contributed by atoms with Crippen LogP contribution in [0.1, 0.15) is 26.1 Å². The summed E-state index contributed by atoms with van der Waals surface area (Å²) in [5.41, 5.74) is 0. The number of nitrogens with zero attached hydrogens (tertiary/aromatic N) is 4. The Bertz CT molecular complexity index is 425. The van der Waals surface area contributed by atoms with Gasteiger partial charge in [0.25, 0.3) is 0 Å². The van der Waals surface area contributed by atoms with Gasteiger partial charge in [-0.1, -0.05) is 13.8 Å². The normalized spacial score (nSPS) is 26.3. The highest BCUT2D eigenvalue weighted by Gasteiger charge is 2.26. The van der Waals surface area contributed by atoms with E-state index >= 15 is 0 Å². The van der Waals surface area contributed by atoms with Crippen molar-refractivity contribution in [2.75, 3.05) is 45.9 Å². The Labute approximate surface area is 134 Å². The largest absolute Gasteiger partial charge is 0.381 e. The number of hydrogen-bond donors (Lipinski definition) is 0. The summed E-state index contributed by atoms with van der Waals surface area (Å²) in [5.74, 6) is 2.61. The standard InChI is InChI=1S/C17H30N4O/c1-3-19(4-2)10-16-11-20(9-15-5-8-22-14-15)13-17-18-6-7-21(17)12-16/h6-7,15-16H,3-5,8-14H2,1-2H3. The Morgan fingerprint density at radius 1 is 1.27 bits per heavy atom. The van der Waals surface area contributed by atoms with Crippen LogP contribution in [-0.4, -0.2) is 65.3 Å². The second kappa shape index (κ2) is 7.57. The van der Waals surface area contributed by atoms with Gasteiger partial charge in [-0.25, -0.2) is 4.98 Å². The van der Waals surface area contributed by atoms with E-state index in [2.05, 4.69) is 39.4 Å². The molecule has 0 spiro atoms. The van der Waals surface area contributed by atoms with Gasteiger partial charge in [0.05, 0.1) is 13.2 Å². The summed E-state index contributed by atoms with van der Waals surface area (Å²) >= 11 is 0. The van der Waals surface area contributed by atoms with E-state index in [9.17, 15) is 0 Å². The van der Waals surface area contributed by atoms with Crippen molar-refractivity contribution >= 4 is 0 Å². The smallest absolute Gasteiger partial charge is 0.122 e. The Morgan fingerprint density at radius 2 is 2.14 bits per heavy atom. The third-order valence-corrected chi connectivity index (χ3v) is 5.09. The molecule has 22 heavy (non-hydrogen) atoms. The molecule has 5 nitrogen and oxygen atoms in total. The molecule has 0 bridgehead atoms. The number of hydrogen-bond acceptors (Lipinski definition) is 4. The lowest BCUT2D eigenvalue weighted by Gasteiger charge is -2.29. The topological polar surface area (TPSA) is 33.5 Å². The minimum absolute atomic E-state index is 0.678. The zero-order valence-corrected chi connectivity index (χ0v) is 14.1. The van der Waals surface area contributed by atoms with Gasteiger partial charge in [0.15, 0.2) is 0 Å². The van der Waals surface area contributed by atoms with Crippen LogP contribution in [-0.2, 0) is 17.8 Å². The lowest BCUT2D eigenvalue weighted by atomic mass is 10.1. The van der Waals surface area contributed by atoms with E-state index in [1.54, 1.807) is 0 Å². The maximum Gasteiger partial charge on any atom is 0.122 e. The van der Waals surface area contributed by atoms with Gasteiger partial charge in [-0.3, -0.25) is 4.90 Å². The van der Waals surface area contributed by atoms with Gasteiger partial charge in [-0.15, -0.1) is 0 Å². The molecule has 5 heteroatoms. The first-order valence-electron chi connectivity index (χ1n) is 8.81. The zero-order valence-electron chi connectivity index (χ0n) is 14.1. The van der Waals surface area contributed by atoms with Crippen molar-refractivity contribution in [3.05, 3.63) is 18.2 Å². The second-order valence-corrected chi connectivity index (χ2v) is 6.77. The van der Waals surface area contributed by atoms with E-state index in [0.717, 1.165) is 45.9 Å². The van der Waals surface area contributed by atoms with Crippen molar-refractivity contribution in [2.24, 2.45) is 11.8 Å². The third kappa shape index (κ3) is 3.89. The molecule has 3 heterocycles. The molecule has 0 amide bonds. The fourth-order valence-electron chi connectivity index (χ4n) is 3.82. The van der Waals surface area contributed by atoms with E-state index in [-0.39, 0.29) is 0 Å². The van der Waals surface area contributed by atoms with Gasteiger partial charge in [-0.05, 0) is 25.4 Å². The lowest BCUT2D eigenvalue weighted by Crippen LogP contribution is -2.38. The molecule has 0 radical (unpaired) electrons. The summed E-state index contributed by atoms with van der Waals surface area (Å²) in [6.07, 6.45) is 5.31. The molecule has 0 saturated carbocycles. The van der Waals surface area contributed by atoms with Crippen LogP contribution in [0.2, 0.25) is 0 Å². The fourth-order valence-corrected chi connectivity index (χ4v) is 3.82. The van der Waals surface area contributed by atoms with Gasteiger partial charge < -0.3 is 14.2 Å². The summed E-state index contributed by atoms with van der Waals surface area (Å²) in [5, 5.41) is 0. The summed E-state index contributed by atoms with van der Waals surface area (Å²) in [6, 6.07) is 0. The van der Waals surface area contributed by atoms with Crippen LogP contribution in [0.25, 0.3) is 0 Å². The first-order valence-corrected chi connectivity index (χ1v) is 8.81. The molecule has 2 atom stereocenters. The first-order chi connectivity index (χ1) is 10.8. The predicted molar refractivity (Wildman–Crippen MR) is 87.7 cm³/mol. The van der Waals surface area contributed by atoms with Crippen LogP contribution in [0.5, 0.6) is 0 Å². The minimum Gasteiger partial charge on any atom is -0.381 e. The molecule has 1 aromatic rings. The molecule has 1 fully saturated rings. The van der Waals surface area contributed by atoms with Crippen molar-refractivity contribution in [1.29, 1.82) is 0 Å². The van der Waals surface area contributed by atoms with E-state index in [0.29, 0.717) is 11.8 Å². The lowest BCUT2D eigenvalue weighted by molar-refractivity contribution is 0.144. The Balaban J connectivity index is 1.68. The van der Waals surface area contributed by atoms with Crippen LogP contribution in [0.15, 0.2) is 12.4 Å². The minimum atomic E-state index is 0.678. The van der Waals surface area contributed by atoms with Crippen LogP contribution >= 0.6 is 0 Å². The van der Waals surface area contributed by atoms with E-state index < -0.39 is 0 Å². The summed E-state index contributed by atoms with van der Waals surface area (Å²) in [4.78, 5) is 9.73. The fraction of sp³-hybridized carbons (Fsp3) is 0.824. The van der Waals surface area contributed by atoms with Crippen LogP contribution < -0.4 is 0 Å². The highest BCUT2D eigenvalue weighted by Crippen LogP contribution is 2.20. The predicted octanol–water partition coefficient (Wildman–Crippen LogP) is 1.69. The monoisotopic (exact) mass is 306 g/mol. The molecule has 1 saturated heterocycles. The SMILES string of the molecule is CCN(CC)CC1CN(CC2CCOC2)Cc2nccn2C1. The molecular weight excluding hydrogens is 276 g/mol. The Morgan fingerprint density at radius 3 is 2.86 bits per heavy atom. The van der Waals surface area contributed by atoms with E-state index in [1.165, 1.54) is 25.3 Å². The second-order valence-electron chi connectivity index (χ2n) is 6.77. The molecule has 2 aliphatic heterocycles. The molecule has 2 aliphatic rings. The molecule has 2 unspecified atom stereocenters. The first kappa shape index (κ1) is 16.0. The van der Waals surface area contributed by atoms with E-state index in [4.69, 9.17) is 4.74 Å². The van der Waals surface area contributed by atoms with Crippen molar-refractivity contribution < 1.29 is 4.74 Å². The van der Waals surface area contributed by atoms with Gasteiger partial charge in [0, 0.05) is 51.1 Å². The maximum atomic E-state index is 5.55. The van der Waals surface area contributed by atoms with Gasteiger partial charge in [-0.2, -0.15) is 0 Å². The highest BCUT2D eigenvalue weighted by atomic mass is 16.5. The number of aromatic nitrogens is 2.